The van der Waals surface area contributed by atoms with E-state index in [2.05, 4.69) is 20.8 Å². The minimum Gasteiger partial charge on any atom is -0.376 e. The molecule has 1 aliphatic rings. The van der Waals surface area contributed by atoms with Gasteiger partial charge >= 0.3 is 0 Å². The van der Waals surface area contributed by atoms with E-state index in [-0.39, 0.29) is 30.3 Å². The Morgan fingerprint density at radius 2 is 2.00 bits per heavy atom. The summed E-state index contributed by atoms with van der Waals surface area (Å²) in [6.45, 7) is 5.47. The van der Waals surface area contributed by atoms with Gasteiger partial charge in [-0.05, 0) is 49.2 Å². The van der Waals surface area contributed by atoms with Gasteiger partial charge in [0, 0.05) is 50.4 Å². The van der Waals surface area contributed by atoms with Crippen molar-refractivity contribution in [1.82, 2.24) is 30.0 Å². The van der Waals surface area contributed by atoms with Crippen molar-refractivity contribution in [3.8, 4) is 11.4 Å². The highest BCUT2D eigenvalue weighted by Crippen LogP contribution is 2.21. The van der Waals surface area contributed by atoms with Crippen molar-refractivity contribution in [3.05, 3.63) is 24.3 Å². The molecule has 0 spiro atoms. The highest BCUT2D eigenvalue weighted by molar-refractivity contribution is 5.82. The largest absolute Gasteiger partial charge is 0.376 e. The van der Waals surface area contributed by atoms with Gasteiger partial charge in [0.2, 0.25) is 11.8 Å². The number of hydrogen-bond donors (Lipinski definition) is 1. The van der Waals surface area contributed by atoms with Crippen LogP contribution in [0, 0.1) is 5.92 Å². The molecule has 2 amide bonds. The van der Waals surface area contributed by atoms with Crippen molar-refractivity contribution in [3.63, 3.8) is 0 Å². The minimum atomic E-state index is 0.0103. The molecule has 3 rings (SSSR count). The molecular formula is C20H29N7O2. The maximum atomic E-state index is 12.6. The van der Waals surface area contributed by atoms with E-state index in [1.807, 2.05) is 50.1 Å². The van der Waals surface area contributed by atoms with Crippen molar-refractivity contribution in [1.29, 1.82) is 0 Å². The summed E-state index contributed by atoms with van der Waals surface area (Å²) in [5.41, 5.74) is 1.71. The number of carbonyl (C=O) groups is 2. The Morgan fingerprint density at radius 3 is 2.62 bits per heavy atom. The second-order valence-corrected chi connectivity index (χ2v) is 7.76. The maximum Gasteiger partial charge on any atom is 0.241 e. The molecule has 0 radical (unpaired) electrons. The van der Waals surface area contributed by atoms with Crippen LogP contribution in [0.5, 0.6) is 0 Å². The Bertz CT molecular complexity index is 856. The Hall–Kier alpha value is -2.97. The number of amides is 2. The lowest BCUT2D eigenvalue weighted by Gasteiger charge is -2.34. The number of likely N-dealkylation sites (tertiary alicyclic amines) is 1. The van der Waals surface area contributed by atoms with E-state index in [0.717, 1.165) is 24.1 Å². The molecule has 9 nitrogen and oxygen atoms in total. The number of nitrogens with zero attached hydrogens (tertiary/aromatic N) is 6. The van der Waals surface area contributed by atoms with E-state index in [1.165, 1.54) is 0 Å². The molecule has 0 saturated carbocycles. The average molecular weight is 399 g/mol. The van der Waals surface area contributed by atoms with Gasteiger partial charge in [-0.15, -0.1) is 5.10 Å². The van der Waals surface area contributed by atoms with Crippen molar-refractivity contribution in [2.45, 2.75) is 32.7 Å². The summed E-state index contributed by atoms with van der Waals surface area (Å²) < 4.78 is 1.60. The summed E-state index contributed by atoms with van der Waals surface area (Å²) in [6, 6.07) is 7.85. The van der Waals surface area contributed by atoms with E-state index in [4.69, 9.17) is 0 Å². The topological polar surface area (TPSA) is 96.2 Å². The number of carbonyl (C=O) groups excluding carboxylic acids is 2. The molecule has 156 valence electrons. The van der Waals surface area contributed by atoms with Crippen LogP contribution < -0.4 is 5.32 Å². The summed E-state index contributed by atoms with van der Waals surface area (Å²) in [5.74, 6) is 0.897. The first-order valence-corrected chi connectivity index (χ1v) is 9.98. The third-order valence-corrected chi connectivity index (χ3v) is 5.50. The molecule has 0 aliphatic carbocycles. The number of piperidine rings is 1. The number of aromatic nitrogens is 4. The van der Waals surface area contributed by atoms with E-state index in [0.29, 0.717) is 18.9 Å². The molecule has 0 unspecified atom stereocenters. The Kier molecular flexibility index (Phi) is 6.46. The number of aryl methyl sites for hydroxylation is 1. The minimum absolute atomic E-state index is 0.0103. The maximum absolute atomic E-state index is 12.6. The fraction of sp³-hybridized carbons (Fsp3) is 0.550. The second-order valence-electron chi connectivity index (χ2n) is 7.76. The standard InChI is InChI=1S/C20H29N7O2/c1-14(2)25(3)20(29)15-8-10-27(11-9-15)18(28)13-21-17-7-5-6-16(12-17)19-22-23-24-26(19)4/h5-7,12,14-15,21H,8-11,13H2,1-4H3. The second kappa shape index (κ2) is 9.02. The Labute approximate surface area is 171 Å². The molecule has 9 heteroatoms. The van der Waals surface area contributed by atoms with Gasteiger partial charge in [-0.2, -0.15) is 0 Å². The molecule has 2 heterocycles. The number of nitrogens with one attached hydrogen (secondary N) is 1. The lowest BCUT2D eigenvalue weighted by atomic mass is 9.95. The zero-order chi connectivity index (χ0) is 21.0. The summed E-state index contributed by atoms with van der Waals surface area (Å²) >= 11 is 0. The number of hydrogen-bond acceptors (Lipinski definition) is 6. The van der Waals surface area contributed by atoms with Crippen molar-refractivity contribution >= 4 is 17.5 Å². The third-order valence-electron chi connectivity index (χ3n) is 5.50. The van der Waals surface area contributed by atoms with Crippen LogP contribution in [0.1, 0.15) is 26.7 Å². The Balaban J connectivity index is 1.51. The molecule has 1 N–H and O–H groups in total. The third kappa shape index (κ3) is 4.90. The number of anilines is 1. The van der Waals surface area contributed by atoms with Gasteiger partial charge < -0.3 is 15.1 Å². The molecule has 0 bridgehead atoms. The van der Waals surface area contributed by atoms with Crippen LogP contribution in [0.3, 0.4) is 0 Å². The van der Waals surface area contributed by atoms with Crippen LogP contribution in [-0.4, -0.2) is 74.5 Å². The zero-order valence-corrected chi connectivity index (χ0v) is 17.5. The van der Waals surface area contributed by atoms with E-state index < -0.39 is 0 Å². The SMILES string of the molecule is CC(C)N(C)C(=O)C1CCN(C(=O)CNc2cccc(-c3nnnn3C)c2)CC1. The zero-order valence-electron chi connectivity index (χ0n) is 17.5. The summed E-state index contributed by atoms with van der Waals surface area (Å²) in [7, 11) is 3.63. The van der Waals surface area contributed by atoms with Gasteiger partial charge in [0.05, 0.1) is 6.54 Å². The molecule has 1 aromatic heterocycles. The number of rotatable bonds is 6. The van der Waals surface area contributed by atoms with Gasteiger partial charge in [0.1, 0.15) is 0 Å². The molecule has 2 aromatic rings. The van der Waals surface area contributed by atoms with Crippen molar-refractivity contribution in [2.24, 2.45) is 13.0 Å². The molecule has 1 aliphatic heterocycles. The van der Waals surface area contributed by atoms with Gasteiger partial charge in [-0.3, -0.25) is 9.59 Å². The highest BCUT2D eigenvalue weighted by Gasteiger charge is 2.29. The first-order valence-electron chi connectivity index (χ1n) is 9.98. The van der Waals surface area contributed by atoms with Crippen LogP contribution in [0.2, 0.25) is 0 Å². The molecule has 1 fully saturated rings. The van der Waals surface area contributed by atoms with Crippen molar-refractivity contribution < 1.29 is 9.59 Å². The number of tetrazole rings is 1. The van der Waals surface area contributed by atoms with Crippen LogP contribution in [0.15, 0.2) is 24.3 Å². The van der Waals surface area contributed by atoms with Gasteiger partial charge in [0.15, 0.2) is 5.82 Å². The molecular weight excluding hydrogens is 370 g/mol. The number of benzene rings is 1. The lowest BCUT2D eigenvalue weighted by Crippen LogP contribution is -2.46. The summed E-state index contributed by atoms with van der Waals surface area (Å²) in [5, 5.41) is 14.7. The van der Waals surface area contributed by atoms with Crippen LogP contribution in [0.25, 0.3) is 11.4 Å². The van der Waals surface area contributed by atoms with Crippen LogP contribution in [0.4, 0.5) is 5.69 Å². The predicted molar refractivity (Wildman–Crippen MR) is 110 cm³/mol. The van der Waals surface area contributed by atoms with E-state index >= 15 is 0 Å². The fourth-order valence-corrected chi connectivity index (χ4v) is 3.45. The van der Waals surface area contributed by atoms with Gasteiger partial charge in [0.25, 0.3) is 0 Å². The smallest absolute Gasteiger partial charge is 0.241 e. The first-order chi connectivity index (χ1) is 13.9. The van der Waals surface area contributed by atoms with Crippen molar-refractivity contribution in [2.75, 3.05) is 32.0 Å². The molecule has 0 atom stereocenters. The van der Waals surface area contributed by atoms with Gasteiger partial charge in [-0.25, -0.2) is 4.68 Å². The molecule has 1 aromatic carbocycles. The highest BCUT2D eigenvalue weighted by atomic mass is 16.2. The predicted octanol–water partition coefficient (Wildman–Crippen LogP) is 1.39. The normalized spacial score (nSPS) is 14.9. The van der Waals surface area contributed by atoms with E-state index in [9.17, 15) is 9.59 Å². The summed E-state index contributed by atoms with van der Waals surface area (Å²) in [4.78, 5) is 28.7. The molecule has 29 heavy (non-hydrogen) atoms. The quantitative estimate of drug-likeness (QED) is 0.789. The van der Waals surface area contributed by atoms with Gasteiger partial charge in [-0.1, -0.05) is 12.1 Å². The van der Waals surface area contributed by atoms with Crippen LogP contribution >= 0.6 is 0 Å². The monoisotopic (exact) mass is 399 g/mol. The van der Waals surface area contributed by atoms with Crippen LogP contribution in [-0.2, 0) is 16.6 Å². The van der Waals surface area contributed by atoms with E-state index in [1.54, 1.807) is 16.6 Å². The first kappa shape index (κ1) is 20.8. The summed E-state index contributed by atoms with van der Waals surface area (Å²) in [6.07, 6.45) is 1.44. The fourth-order valence-electron chi connectivity index (χ4n) is 3.45. The lowest BCUT2D eigenvalue weighted by molar-refractivity contribution is -0.140. The molecule has 1 saturated heterocycles. The average Bonchev–Trinajstić information content (AvgIpc) is 3.17. The Morgan fingerprint density at radius 1 is 1.28 bits per heavy atom.